The standard InChI is InChI=1S/5CH2O2.Re/c5*2-1-3;/h5*1H,(H,2,3);. The Morgan fingerprint density at radius 3 is 0.438 bits per heavy atom. The molecule has 0 aromatic heterocycles. The normalized spacial score (nSPS) is 3.75. The Morgan fingerprint density at radius 2 is 0.438 bits per heavy atom. The Morgan fingerprint density at radius 1 is 0.438 bits per heavy atom. The third-order valence-corrected chi connectivity index (χ3v) is 0. The summed E-state index contributed by atoms with van der Waals surface area (Å²) in [6.45, 7) is -1.25. The van der Waals surface area contributed by atoms with E-state index in [-0.39, 0.29) is 52.8 Å². The van der Waals surface area contributed by atoms with Crippen molar-refractivity contribution >= 4 is 32.4 Å². The van der Waals surface area contributed by atoms with E-state index in [1.54, 1.807) is 0 Å². The molecule has 5 N–H and O–H groups in total. The fourth-order valence-corrected chi connectivity index (χ4v) is 0. The first-order valence-electron chi connectivity index (χ1n) is 2.47. The fourth-order valence-electron chi connectivity index (χ4n) is 0. The Bertz CT molecular complexity index is 91.5. The second-order valence-corrected chi connectivity index (χ2v) is 0.527. The maximum atomic E-state index is 8.36. The van der Waals surface area contributed by atoms with Crippen LogP contribution in [-0.4, -0.2) is 57.9 Å². The van der Waals surface area contributed by atoms with E-state index < -0.39 is 0 Å². The zero-order chi connectivity index (χ0) is 13.5. The molecule has 0 spiro atoms. The number of carboxylic acid groups (broad SMARTS) is 5. The summed E-state index contributed by atoms with van der Waals surface area (Å²) in [7, 11) is 0. The average molecular weight is 416 g/mol. The van der Waals surface area contributed by atoms with Gasteiger partial charge in [-0.25, -0.2) is 0 Å². The van der Waals surface area contributed by atoms with Crippen LogP contribution in [-0.2, 0) is 44.4 Å². The van der Waals surface area contributed by atoms with E-state index in [4.69, 9.17) is 49.5 Å². The van der Waals surface area contributed by atoms with Crippen molar-refractivity contribution in [1.29, 1.82) is 0 Å². The molecule has 0 atom stereocenters. The first-order chi connectivity index (χ1) is 7.07. The zero-order valence-electron chi connectivity index (χ0n) is 7.54. The van der Waals surface area contributed by atoms with Crippen LogP contribution in [0.4, 0.5) is 0 Å². The molecule has 0 aliphatic heterocycles. The number of hydrogen-bond acceptors (Lipinski definition) is 5. The molecule has 16 heavy (non-hydrogen) atoms. The first-order valence-corrected chi connectivity index (χ1v) is 2.47. The second kappa shape index (κ2) is 207. The molecule has 0 amide bonds. The number of carbonyl (C=O) groups is 5. The van der Waals surface area contributed by atoms with E-state index in [1.165, 1.54) is 0 Å². The number of hydrogen-bond donors (Lipinski definition) is 5. The minimum atomic E-state index is -0.250. The molecular weight excluding hydrogens is 406 g/mol. The molecule has 0 saturated carbocycles. The van der Waals surface area contributed by atoms with E-state index in [0.717, 1.165) is 0 Å². The van der Waals surface area contributed by atoms with Crippen LogP contribution in [0, 0.1) is 0 Å². The first kappa shape index (κ1) is 37.0. The van der Waals surface area contributed by atoms with Crippen molar-refractivity contribution in [2.24, 2.45) is 0 Å². The molecule has 1 radical (unpaired) electrons. The van der Waals surface area contributed by atoms with Crippen LogP contribution in [0.5, 0.6) is 0 Å². The van der Waals surface area contributed by atoms with Crippen molar-refractivity contribution in [3.05, 3.63) is 0 Å². The summed E-state index contributed by atoms with van der Waals surface area (Å²) in [6.07, 6.45) is 0. The molecule has 0 heterocycles. The van der Waals surface area contributed by atoms with Gasteiger partial charge in [-0.15, -0.1) is 0 Å². The van der Waals surface area contributed by atoms with Gasteiger partial charge >= 0.3 is 0 Å². The molecule has 0 unspecified atom stereocenters. The minimum Gasteiger partial charge on any atom is -0.483 e. The second-order valence-electron chi connectivity index (χ2n) is 0.527. The molecule has 0 aromatic rings. The maximum Gasteiger partial charge on any atom is 0.290 e. The van der Waals surface area contributed by atoms with Crippen molar-refractivity contribution in [2.75, 3.05) is 0 Å². The molecule has 11 heteroatoms. The molecule has 10 nitrogen and oxygen atoms in total. The summed E-state index contributed by atoms with van der Waals surface area (Å²) in [5.74, 6) is 0. The van der Waals surface area contributed by atoms with Gasteiger partial charge in [0, 0.05) is 20.4 Å². The van der Waals surface area contributed by atoms with Gasteiger partial charge in [0.25, 0.3) is 32.4 Å². The predicted molar refractivity (Wildman–Crippen MR) is 43.5 cm³/mol. The van der Waals surface area contributed by atoms with Crippen LogP contribution in [0.2, 0.25) is 0 Å². The molecule has 0 bridgehead atoms. The molecule has 0 aliphatic carbocycles. The van der Waals surface area contributed by atoms with Gasteiger partial charge in [-0.3, -0.25) is 24.0 Å². The maximum absolute atomic E-state index is 8.36. The van der Waals surface area contributed by atoms with Gasteiger partial charge in [0.05, 0.1) is 0 Å². The Hall–Kier alpha value is -1.99. The summed E-state index contributed by atoms with van der Waals surface area (Å²) in [5, 5.41) is 34.4. The van der Waals surface area contributed by atoms with E-state index in [2.05, 4.69) is 0 Å². The fraction of sp³-hybridized carbons (Fsp3) is 0. The summed E-state index contributed by atoms with van der Waals surface area (Å²) < 4.78 is 0. The predicted octanol–water partition coefficient (Wildman–Crippen LogP) is -1.50. The van der Waals surface area contributed by atoms with Crippen molar-refractivity contribution < 1.29 is 69.9 Å². The Kier molecular flexibility index (Phi) is 478. The third kappa shape index (κ3) is 369. The van der Waals surface area contributed by atoms with Gasteiger partial charge in [-0.05, 0) is 0 Å². The van der Waals surface area contributed by atoms with Gasteiger partial charge in [0.2, 0.25) is 0 Å². The molecule has 0 rings (SSSR count). The van der Waals surface area contributed by atoms with Crippen molar-refractivity contribution in [3.8, 4) is 0 Å². The molecule has 0 aliphatic rings. The largest absolute Gasteiger partial charge is 0.483 e. The van der Waals surface area contributed by atoms with E-state index in [1.807, 2.05) is 0 Å². The van der Waals surface area contributed by atoms with Gasteiger partial charge in [-0.1, -0.05) is 0 Å². The average Bonchev–Trinajstić information content (AvgIpc) is 2.09. The third-order valence-electron chi connectivity index (χ3n) is 0. The number of rotatable bonds is 0. The van der Waals surface area contributed by atoms with E-state index in [9.17, 15) is 0 Å². The quantitative estimate of drug-likeness (QED) is 0.291. The smallest absolute Gasteiger partial charge is 0.290 e. The van der Waals surface area contributed by atoms with E-state index >= 15 is 0 Å². The van der Waals surface area contributed by atoms with Crippen molar-refractivity contribution in [1.82, 2.24) is 0 Å². The van der Waals surface area contributed by atoms with Crippen LogP contribution in [0.15, 0.2) is 0 Å². The van der Waals surface area contributed by atoms with Gasteiger partial charge in [0.1, 0.15) is 0 Å². The minimum absolute atomic E-state index is 0. The molecule has 97 valence electrons. The zero-order valence-corrected chi connectivity index (χ0v) is 10.3. The van der Waals surface area contributed by atoms with Crippen LogP contribution >= 0.6 is 0 Å². The SMILES string of the molecule is O=CO.O=CO.O=CO.O=CO.O=CO.[Re]. The topological polar surface area (TPSA) is 186 Å². The van der Waals surface area contributed by atoms with E-state index in [0.29, 0.717) is 0 Å². The van der Waals surface area contributed by atoms with Crippen LogP contribution < -0.4 is 0 Å². The van der Waals surface area contributed by atoms with Crippen LogP contribution in [0.3, 0.4) is 0 Å². The summed E-state index contributed by atoms with van der Waals surface area (Å²) in [4.78, 5) is 41.8. The monoisotopic (exact) mass is 417 g/mol. The molecule has 0 fully saturated rings. The summed E-state index contributed by atoms with van der Waals surface area (Å²) in [6, 6.07) is 0. The van der Waals surface area contributed by atoms with Gasteiger partial charge in [0.15, 0.2) is 0 Å². The summed E-state index contributed by atoms with van der Waals surface area (Å²) in [5.41, 5.74) is 0. The Labute approximate surface area is 103 Å². The molecule has 0 saturated heterocycles. The Balaban J connectivity index is -0.0000000192. The van der Waals surface area contributed by atoms with Crippen LogP contribution in [0.1, 0.15) is 0 Å². The van der Waals surface area contributed by atoms with Crippen LogP contribution in [0.25, 0.3) is 0 Å². The van der Waals surface area contributed by atoms with Gasteiger partial charge in [-0.2, -0.15) is 0 Å². The van der Waals surface area contributed by atoms with Crippen molar-refractivity contribution in [2.45, 2.75) is 0 Å². The van der Waals surface area contributed by atoms with Gasteiger partial charge < -0.3 is 25.5 Å². The molecular formula is C5H10O10Re. The molecule has 0 aromatic carbocycles. The van der Waals surface area contributed by atoms with Crippen molar-refractivity contribution in [3.63, 3.8) is 0 Å². The summed E-state index contributed by atoms with van der Waals surface area (Å²) >= 11 is 0.